The van der Waals surface area contributed by atoms with Crippen molar-refractivity contribution in [3.8, 4) is 34.0 Å². The SMILES string of the molecule is COc1ccccc1-n1c(N)c2c(-c3ccco3)cc(-c3ccc(N)cc3)nc2nc1=S. The van der Waals surface area contributed by atoms with Gasteiger partial charge in [-0.1, -0.05) is 24.3 Å². The van der Waals surface area contributed by atoms with E-state index >= 15 is 0 Å². The highest BCUT2D eigenvalue weighted by atomic mass is 32.1. The van der Waals surface area contributed by atoms with E-state index in [2.05, 4.69) is 4.98 Å². The molecule has 7 nitrogen and oxygen atoms in total. The number of furan rings is 1. The van der Waals surface area contributed by atoms with Crippen LogP contribution in [0.3, 0.4) is 0 Å². The maximum Gasteiger partial charge on any atom is 0.207 e. The average Bonchev–Trinajstić information content (AvgIpc) is 3.34. The van der Waals surface area contributed by atoms with Crippen molar-refractivity contribution in [3.63, 3.8) is 0 Å². The van der Waals surface area contributed by atoms with E-state index in [0.29, 0.717) is 45.4 Å². The van der Waals surface area contributed by atoms with E-state index in [1.807, 2.05) is 66.7 Å². The molecule has 0 atom stereocenters. The van der Waals surface area contributed by atoms with Gasteiger partial charge >= 0.3 is 0 Å². The molecular weight excluding hydrogens is 422 g/mol. The number of methoxy groups -OCH3 is 1. The van der Waals surface area contributed by atoms with Crippen molar-refractivity contribution in [2.45, 2.75) is 0 Å². The van der Waals surface area contributed by atoms with Crippen LogP contribution in [0.1, 0.15) is 0 Å². The lowest BCUT2D eigenvalue weighted by molar-refractivity contribution is 0.413. The van der Waals surface area contributed by atoms with Gasteiger partial charge in [-0.2, -0.15) is 4.98 Å². The summed E-state index contributed by atoms with van der Waals surface area (Å²) < 4.78 is 13.2. The Kier molecular flexibility index (Phi) is 4.84. The number of nitrogens with two attached hydrogens (primary N) is 2. The number of anilines is 2. The van der Waals surface area contributed by atoms with Crippen LogP contribution in [0, 0.1) is 4.77 Å². The van der Waals surface area contributed by atoms with Gasteiger partial charge in [0.05, 0.1) is 30.1 Å². The molecule has 0 amide bonds. The number of aromatic nitrogens is 3. The third-order valence-electron chi connectivity index (χ3n) is 5.21. The molecule has 0 unspecified atom stereocenters. The molecule has 3 aromatic heterocycles. The van der Waals surface area contributed by atoms with Gasteiger partial charge in [-0.3, -0.25) is 4.57 Å². The van der Waals surface area contributed by atoms with Gasteiger partial charge in [0.2, 0.25) is 4.77 Å². The zero-order valence-corrected chi connectivity index (χ0v) is 18.0. The molecule has 8 heteroatoms. The summed E-state index contributed by atoms with van der Waals surface area (Å²) in [4.78, 5) is 9.39. The topological polar surface area (TPSA) is 105 Å². The highest BCUT2D eigenvalue weighted by Crippen LogP contribution is 2.37. The molecule has 3 heterocycles. The van der Waals surface area contributed by atoms with Crippen molar-refractivity contribution < 1.29 is 9.15 Å². The fraction of sp³-hybridized carbons (Fsp3) is 0.0417. The third-order valence-corrected chi connectivity index (χ3v) is 5.48. The quantitative estimate of drug-likeness (QED) is 0.290. The maximum atomic E-state index is 6.69. The zero-order chi connectivity index (χ0) is 22.2. The summed E-state index contributed by atoms with van der Waals surface area (Å²) >= 11 is 5.61. The van der Waals surface area contributed by atoms with Crippen molar-refractivity contribution in [2.75, 3.05) is 18.6 Å². The molecule has 4 N–H and O–H groups in total. The first-order valence-electron chi connectivity index (χ1n) is 9.83. The van der Waals surface area contributed by atoms with Gasteiger partial charge in [0, 0.05) is 16.8 Å². The molecule has 0 bridgehead atoms. The number of fused-ring (bicyclic) bond motifs is 1. The first-order chi connectivity index (χ1) is 15.6. The summed E-state index contributed by atoms with van der Waals surface area (Å²) in [5.74, 6) is 1.67. The first-order valence-corrected chi connectivity index (χ1v) is 10.2. The van der Waals surface area contributed by atoms with E-state index < -0.39 is 0 Å². The average molecular weight is 442 g/mol. The van der Waals surface area contributed by atoms with E-state index in [4.69, 9.17) is 37.8 Å². The van der Waals surface area contributed by atoms with Gasteiger partial charge in [0.15, 0.2) is 5.65 Å². The Balaban J connectivity index is 1.85. The molecule has 0 fully saturated rings. The molecule has 0 aliphatic carbocycles. The Morgan fingerprint density at radius 1 is 0.969 bits per heavy atom. The van der Waals surface area contributed by atoms with Crippen molar-refractivity contribution in [2.24, 2.45) is 0 Å². The Morgan fingerprint density at radius 2 is 1.75 bits per heavy atom. The third kappa shape index (κ3) is 3.27. The molecule has 0 aliphatic heterocycles. The van der Waals surface area contributed by atoms with E-state index in [-0.39, 0.29) is 4.77 Å². The normalized spacial score (nSPS) is 11.0. The Hall–Kier alpha value is -4.17. The second-order valence-electron chi connectivity index (χ2n) is 7.14. The van der Waals surface area contributed by atoms with Crippen molar-refractivity contribution in [1.82, 2.24) is 14.5 Å². The lowest BCUT2D eigenvalue weighted by Gasteiger charge is -2.17. The lowest BCUT2D eigenvalue weighted by atomic mass is 10.0. The summed E-state index contributed by atoms with van der Waals surface area (Å²) in [6.45, 7) is 0. The summed E-state index contributed by atoms with van der Waals surface area (Å²) in [6, 6.07) is 20.6. The van der Waals surface area contributed by atoms with Crippen LogP contribution in [0.15, 0.2) is 77.4 Å². The minimum atomic E-state index is 0.270. The van der Waals surface area contributed by atoms with Gasteiger partial charge in [-0.05, 0) is 54.7 Å². The molecule has 158 valence electrons. The Morgan fingerprint density at radius 3 is 2.47 bits per heavy atom. The minimum Gasteiger partial charge on any atom is -0.495 e. The van der Waals surface area contributed by atoms with Gasteiger partial charge < -0.3 is 20.6 Å². The van der Waals surface area contributed by atoms with E-state index in [1.165, 1.54) is 0 Å². The number of hydrogen-bond acceptors (Lipinski definition) is 7. The number of para-hydroxylation sites is 2. The monoisotopic (exact) mass is 441 g/mol. The Bertz CT molecular complexity index is 1490. The second-order valence-corrected chi connectivity index (χ2v) is 7.50. The first kappa shape index (κ1) is 19.8. The van der Waals surface area contributed by atoms with E-state index in [9.17, 15) is 0 Å². The largest absolute Gasteiger partial charge is 0.495 e. The smallest absolute Gasteiger partial charge is 0.207 e. The summed E-state index contributed by atoms with van der Waals surface area (Å²) in [6.07, 6.45) is 1.61. The van der Waals surface area contributed by atoms with Crippen molar-refractivity contribution in [1.29, 1.82) is 0 Å². The van der Waals surface area contributed by atoms with Gasteiger partial charge in [0.1, 0.15) is 17.3 Å². The highest BCUT2D eigenvalue weighted by molar-refractivity contribution is 7.71. The van der Waals surface area contributed by atoms with Crippen LogP contribution in [-0.4, -0.2) is 21.6 Å². The molecule has 0 saturated heterocycles. The second kappa shape index (κ2) is 7.82. The van der Waals surface area contributed by atoms with E-state index in [0.717, 1.165) is 11.1 Å². The number of nitrogens with zero attached hydrogens (tertiary/aromatic N) is 3. The predicted octanol–water partition coefficient (Wildman–Crippen LogP) is 5.25. The van der Waals surface area contributed by atoms with Crippen LogP contribution < -0.4 is 16.2 Å². The van der Waals surface area contributed by atoms with Crippen LogP contribution in [0.4, 0.5) is 11.5 Å². The van der Waals surface area contributed by atoms with Crippen LogP contribution in [-0.2, 0) is 0 Å². The Labute approximate surface area is 188 Å². The summed E-state index contributed by atoms with van der Waals surface area (Å²) in [5, 5.41) is 0.638. The molecule has 0 aliphatic rings. The summed E-state index contributed by atoms with van der Waals surface area (Å²) in [5.41, 5.74) is 16.7. The van der Waals surface area contributed by atoms with Crippen molar-refractivity contribution in [3.05, 3.63) is 77.8 Å². The van der Waals surface area contributed by atoms with Gasteiger partial charge in [-0.25, -0.2) is 4.98 Å². The minimum absolute atomic E-state index is 0.270. The predicted molar refractivity (Wildman–Crippen MR) is 128 cm³/mol. The maximum absolute atomic E-state index is 6.69. The highest BCUT2D eigenvalue weighted by Gasteiger charge is 2.19. The molecule has 5 rings (SSSR count). The number of pyridine rings is 1. The standard InChI is InChI=1S/C24H19N5O2S/c1-30-20-6-3-2-5-18(20)29-22(26)21-16(19-7-4-12-31-19)13-17(27-23(21)28-24(29)32)14-8-10-15(25)11-9-14/h2-13H,25-26H2,1H3. The van der Waals surface area contributed by atoms with Crippen LogP contribution in [0.5, 0.6) is 5.75 Å². The summed E-state index contributed by atoms with van der Waals surface area (Å²) in [7, 11) is 1.60. The van der Waals surface area contributed by atoms with Gasteiger partial charge in [-0.15, -0.1) is 0 Å². The van der Waals surface area contributed by atoms with Crippen LogP contribution >= 0.6 is 12.2 Å². The molecule has 32 heavy (non-hydrogen) atoms. The number of hydrogen-bond donors (Lipinski definition) is 2. The molecular formula is C24H19N5O2S. The van der Waals surface area contributed by atoms with Crippen LogP contribution in [0.25, 0.3) is 39.3 Å². The molecule has 0 radical (unpaired) electrons. The van der Waals surface area contributed by atoms with Crippen molar-refractivity contribution >= 4 is 34.8 Å². The molecule has 5 aromatic rings. The van der Waals surface area contributed by atoms with Crippen LogP contribution in [0.2, 0.25) is 0 Å². The molecule has 0 saturated carbocycles. The van der Waals surface area contributed by atoms with Gasteiger partial charge in [0.25, 0.3) is 0 Å². The fourth-order valence-electron chi connectivity index (χ4n) is 3.70. The number of rotatable bonds is 4. The fourth-order valence-corrected chi connectivity index (χ4v) is 3.98. The molecule has 0 spiro atoms. The zero-order valence-electron chi connectivity index (χ0n) is 17.1. The lowest BCUT2D eigenvalue weighted by Crippen LogP contribution is -2.10. The molecule has 2 aromatic carbocycles. The number of nitrogen functional groups attached to an aromatic ring is 2. The number of ether oxygens (including phenoxy) is 1. The van der Waals surface area contributed by atoms with E-state index in [1.54, 1.807) is 17.9 Å². The number of benzene rings is 2.